The highest BCUT2D eigenvalue weighted by molar-refractivity contribution is 4.70. The van der Waals surface area contributed by atoms with Gasteiger partial charge in [0.15, 0.2) is 0 Å². The van der Waals surface area contributed by atoms with Crippen molar-refractivity contribution in [2.75, 3.05) is 39.8 Å². The Labute approximate surface area is 135 Å². The molecule has 2 heteroatoms. The summed E-state index contributed by atoms with van der Waals surface area (Å²) in [6.07, 6.45) is 10.2. The lowest BCUT2D eigenvalue weighted by molar-refractivity contribution is 0.346. The minimum Gasteiger partial charge on any atom is -0.306 e. The fraction of sp³-hybridized carbons (Fsp3) is 1.00. The predicted molar refractivity (Wildman–Crippen MR) is 97.0 cm³/mol. The monoisotopic (exact) mass is 298 g/mol. The zero-order valence-electron chi connectivity index (χ0n) is 14.5. The van der Waals surface area contributed by atoms with Crippen LogP contribution in [-0.4, -0.2) is 49.6 Å². The molecule has 3 aliphatic rings. The molecule has 1 atom stereocenters. The van der Waals surface area contributed by atoms with E-state index in [1.807, 2.05) is 0 Å². The van der Waals surface area contributed by atoms with Crippen molar-refractivity contribution in [1.82, 2.24) is 9.80 Å². The predicted octanol–water partition coefficient (Wildman–Crippen LogP) is 4.89. The van der Waals surface area contributed by atoms with Crippen molar-refractivity contribution in [2.45, 2.75) is 73.1 Å². The number of likely N-dealkylation sites (tertiary alicyclic amines) is 2. The minimum absolute atomic E-state index is 0. The van der Waals surface area contributed by atoms with Crippen LogP contribution in [0.3, 0.4) is 0 Å². The van der Waals surface area contributed by atoms with Crippen LogP contribution in [0.25, 0.3) is 0 Å². The molecule has 0 spiro atoms. The summed E-state index contributed by atoms with van der Waals surface area (Å²) in [6, 6.07) is 0. The van der Waals surface area contributed by atoms with Gasteiger partial charge >= 0.3 is 0 Å². The van der Waals surface area contributed by atoms with Gasteiger partial charge in [0.2, 0.25) is 0 Å². The molecule has 2 saturated heterocycles. The Kier molecular flexibility index (Phi) is 12.4. The summed E-state index contributed by atoms with van der Waals surface area (Å²) in [5, 5.41) is 0. The molecule has 21 heavy (non-hydrogen) atoms. The second-order valence-corrected chi connectivity index (χ2v) is 7.19. The minimum atomic E-state index is 0. The Morgan fingerprint density at radius 1 is 0.810 bits per heavy atom. The van der Waals surface area contributed by atoms with Gasteiger partial charge in [-0.05, 0) is 64.3 Å². The van der Waals surface area contributed by atoms with E-state index in [1.165, 1.54) is 77.7 Å². The first-order valence-electron chi connectivity index (χ1n) is 9.02. The maximum Gasteiger partial charge on any atom is 0.000738 e. The van der Waals surface area contributed by atoms with Gasteiger partial charge in [0.1, 0.15) is 0 Å². The molecule has 0 aromatic rings. The summed E-state index contributed by atoms with van der Waals surface area (Å²) in [6.45, 7) is 13.4. The molecule has 2 aliphatic heterocycles. The molecule has 1 aliphatic carbocycles. The third-order valence-corrected chi connectivity index (χ3v) is 4.93. The van der Waals surface area contributed by atoms with Crippen LogP contribution >= 0.6 is 0 Å². The van der Waals surface area contributed by atoms with Crippen molar-refractivity contribution in [3.05, 3.63) is 0 Å². The third-order valence-electron chi connectivity index (χ3n) is 4.93. The molecule has 0 radical (unpaired) electrons. The topological polar surface area (TPSA) is 6.48 Å². The second-order valence-electron chi connectivity index (χ2n) is 7.19. The first-order valence-corrected chi connectivity index (χ1v) is 9.02. The lowest BCUT2D eigenvalue weighted by Crippen LogP contribution is -2.18. The van der Waals surface area contributed by atoms with Crippen molar-refractivity contribution in [1.29, 1.82) is 0 Å². The van der Waals surface area contributed by atoms with Crippen LogP contribution in [0.1, 0.15) is 73.1 Å². The first kappa shape index (κ1) is 20.9. The average molecular weight is 299 g/mol. The van der Waals surface area contributed by atoms with Gasteiger partial charge in [0.25, 0.3) is 0 Å². The van der Waals surface area contributed by atoms with E-state index < -0.39 is 0 Å². The Bertz CT molecular complexity index is 204. The van der Waals surface area contributed by atoms with Gasteiger partial charge in [-0.3, -0.25) is 0 Å². The largest absolute Gasteiger partial charge is 0.306 e. The average Bonchev–Trinajstić information content (AvgIpc) is 3.15. The molecule has 1 saturated carbocycles. The summed E-state index contributed by atoms with van der Waals surface area (Å²) < 4.78 is 0. The van der Waals surface area contributed by atoms with Crippen molar-refractivity contribution in [3.8, 4) is 0 Å². The SMILES string of the molecule is C.CC1CCCC1.CCN1CCC(C)C1.CN1CCCC1. The van der Waals surface area contributed by atoms with Crippen molar-refractivity contribution in [2.24, 2.45) is 11.8 Å². The van der Waals surface area contributed by atoms with E-state index in [0.717, 1.165) is 11.8 Å². The van der Waals surface area contributed by atoms with E-state index in [4.69, 9.17) is 0 Å². The maximum absolute atomic E-state index is 2.50. The van der Waals surface area contributed by atoms with E-state index in [1.54, 1.807) is 0 Å². The summed E-state index contributed by atoms with van der Waals surface area (Å²) in [4.78, 5) is 4.87. The van der Waals surface area contributed by atoms with Crippen molar-refractivity contribution < 1.29 is 0 Å². The van der Waals surface area contributed by atoms with Crippen LogP contribution in [-0.2, 0) is 0 Å². The molecule has 0 N–H and O–H groups in total. The fourth-order valence-electron chi connectivity index (χ4n) is 3.32. The van der Waals surface area contributed by atoms with E-state index >= 15 is 0 Å². The van der Waals surface area contributed by atoms with Gasteiger partial charge < -0.3 is 9.80 Å². The van der Waals surface area contributed by atoms with Crippen LogP contribution in [0.15, 0.2) is 0 Å². The zero-order chi connectivity index (χ0) is 14.8. The first-order chi connectivity index (χ1) is 9.61. The van der Waals surface area contributed by atoms with E-state index in [2.05, 4.69) is 37.6 Å². The molecule has 128 valence electrons. The Hall–Kier alpha value is -0.0800. The van der Waals surface area contributed by atoms with Gasteiger partial charge in [-0.15, -0.1) is 0 Å². The van der Waals surface area contributed by atoms with Gasteiger partial charge in [-0.2, -0.15) is 0 Å². The highest BCUT2D eigenvalue weighted by Crippen LogP contribution is 2.22. The maximum atomic E-state index is 2.50. The van der Waals surface area contributed by atoms with Crippen molar-refractivity contribution in [3.63, 3.8) is 0 Å². The number of hydrogen-bond acceptors (Lipinski definition) is 2. The van der Waals surface area contributed by atoms with Crippen LogP contribution < -0.4 is 0 Å². The van der Waals surface area contributed by atoms with Crippen LogP contribution in [0.5, 0.6) is 0 Å². The summed E-state index contributed by atoms with van der Waals surface area (Å²) in [7, 11) is 2.17. The van der Waals surface area contributed by atoms with Crippen molar-refractivity contribution >= 4 is 0 Å². The fourth-order valence-corrected chi connectivity index (χ4v) is 3.32. The Balaban J connectivity index is 0.000000283. The molecule has 3 rings (SSSR count). The molecule has 2 nitrogen and oxygen atoms in total. The normalized spacial score (nSPS) is 26.6. The molecular formula is C19H42N2. The van der Waals surface area contributed by atoms with E-state index in [9.17, 15) is 0 Å². The second kappa shape index (κ2) is 12.5. The van der Waals surface area contributed by atoms with Gasteiger partial charge in [-0.1, -0.05) is 53.9 Å². The van der Waals surface area contributed by atoms with Gasteiger partial charge in [0.05, 0.1) is 0 Å². The molecule has 3 fully saturated rings. The van der Waals surface area contributed by atoms with Gasteiger partial charge in [0, 0.05) is 6.54 Å². The van der Waals surface area contributed by atoms with Crippen LogP contribution in [0.4, 0.5) is 0 Å². The standard InChI is InChI=1S/C7H15N.C6H12.C5H11N.CH4/c1-3-8-5-4-7(2)6-8;2*1-6-4-2-3-5-6;/h7H,3-6H2,1-2H3;6H,2-5H2,1H3;2-5H2,1H3;1H4. The Morgan fingerprint density at radius 2 is 1.38 bits per heavy atom. The number of hydrogen-bond donors (Lipinski definition) is 0. The molecule has 2 heterocycles. The van der Waals surface area contributed by atoms with E-state index in [-0.39, 0.29) is 7.43 Å². The highest BCUT2D eigenvalue weighted by Gasteiger charge is 2.15. The lowest BCUT2D eigenvalue weighted by Gasteiger charge is -2.09. The molecule has 0 bridgehead atoms. The number of rotatable bonds is 1. The zero-order valence-corrected chi connectivity index (χ0v) is 14.5. The Morgan fingerprint density at radius 3 is 1.57 bits per heavy atom. The van der Waals surface area contributed by atoms with Crippen LogP contribution in [0.2, 0.25) is 0 Å². The summed E-state index contributed by atoms with van der Waals surface area (Å²) in [5.41, 5.74) is 0. The quantitative estimate of drug-likeness (QED) is 0.680. The lowest BCUT2D eigenvalue weighted by atomic mass is 10.2. The molecule has 0 aromatic heterocycles. The summed E-state index contributed by atoms with van der Waals surface area (Å²) >= 11 is 0. The molecule has 0 amide bonds. The molecular weight excluding hydrogens is 256 g/mol. The molecule has 0 aromatic carbocycles. The van der Waals surface area contributed by atoms with Gasteiger partial charge in [-0.25, -0.2) is 0 Å². The van der Waals surface area contributed by atoms with E-state index in [0.29, 0.717) is 0 Å². The highest BCUT2D eigenvalue weighted by atomic mass is 15.1. The molecule has 1 unspecified atom stereocenters. The summed E-state index contributed by atoms with van der Waals surface area (Å²) in [5.74, 6) is 2.00. The van der Waals surface area contributed by atoms with Crippen LogP contribution in [0, 0.1) is 11.8 Å². The number of nitrogens with zero attached hydrogens (tertiary/aromatic N) is 2. The smallest absolute Gasteiger partial charge is 0.000738 e. The third kappa shape index (κ3) is 10.3.